The van der Waals surface area contributed by atoms with Crippen LogP contribution in [0.5, 0.6) is 0 Å². The van der Waals surface area contributed by atoms with Gasteiger partial charge in [-0.05, 0) is 12.8 Å². The van der Waals surface area contributed by atoms with E-state index in [-0.39, 0.29) is 10.8 Å². The number of nitrogens with two attached hydrogens (primary N) is 1. The Morgan fingerprint density at radius 3 is 2.63 bits per heavy atom. The molecule has 2 atom stereocenters. The molecule has 0 aromatic carbocycles. The fraction of sp³-hybridized carbons (Fsp3) is 0.727. The molecule has 1 aromatic heterocycles. The number of aliphatic hydroxyl groups is 1. The van der Waals surface area contributed by atoms with Crippen LogP contribution in [0.25, 0.3) is 0 Å². The van der Waals surface area contributed by atoms with Crippen molar-refractivity contribution in [1.82, 2.24) is 13.9 Å². The second kappa shape index (κ2) is 5.10. The molecular weight excluding hydrogens is 268 g/mol. The normalized spacial score (nSPS) is 24.8. The molecule has 1 aromatic rings. The van der Waals surface area contributed by atoms with Crippen LogP contribution in [0.4, 0.5) is 5.82 Å². The standard InChI is InChI=1S/C11H20N4O3S/c1-14-7-13-10(12)11(14)19(17,18)15(2)8-5-3-4-6-9(8)16/h7-9,16H,3-6,12H2,1-2H3. The minimum absolute atomic E-state index is 0.0142. The average Bonchev–Trinajstić information content (AvgIpc) is 2.69. The number of nitrogens with zero attached hydrogens (tertiary/aromatic N) is 3. The topological polar surface area (TPSA) is 101 Å². The fourth-order valence-electron chi connectivity index (χ4n) is 2.58. The van der Waals surface area contributed by atoms with Crippen molar-refractivity contribution >= 4 is 15.8 Å². The molecule has 7 nitrogen and oxygen atoms in total. The number of sulfonamides is 1. The van der Waals surface area contributed by atoms with Crippen LogP contribution in [0.1, 0.15) is 25.7 Å². The lowest BCUT2D eigenvalue weighted by molar-refractivity contribution is 0.0636. The van der Waals surface area contributed by atoms with Gasteiger partial charge in [-0.15, -0.1) is 0 Å². The quantitative estimate of drug-likeness (QED) is 0.810. The Kier molecular flexibility index (Phi) is 3.84. The third-order valence-electron chi connectivity index (χ3n) is 3.69. The largest absolute Gasteiger partial charge is 0.391 e. The lowest BCUT2D eigenvalue weighted by Gasteiger charge is -2.34. The third-order valence-corrected chi connectivity index (χ3v) is 5.71. The van der Waals surface area contributed by atoms with Gasteiger partial charge in [-0.3, -0.25) is 0 Å². The van der Waals surface area contributed by atoms with Gasteiger partial charge in [0.15, 0.2) is 10.8 Å². The van der Waals surface area contributed by atoms with E-state index in [4.69, 9.17) is 5.73 Å². The van der Waals surface area contributed by atoms with Gasteiger partial charge >= 0.3 is 0 Å². The highest BCUT2D eigenvalue weighted by molar-refractivity contribution is 7.89. The molecule has 1 heterocycles. The number of hydrogen-bond donors (Lipinski definition) is 2. The molecule has 0 aliphatic heterocycles. The van der Waals surface area contributed by atoms with Gasteiger partial charge in [0.25, 0.3) is 10.0 Å². The van der Waals surface area contributed by atoms with Gasteiger partial charge in [-0.2, -0.15) is 4.31 Å². The lowest BCUT2D eigenvalue weighted by Crippen LogP contribution is -2.46. The molecule has 0 amide bonds. The summed E-state index contributed by atoms with van der Waals surface area (Å²) in [5, 5.41) is 9.96. The summed E-state index contributed by atoms with van der Waals surface area (Å²) in [6.45, 7) is 0. The number of aromatic nitrogens is 2. The van der Waals surface area contributed by atoms with Gasteiger partial charge in [0.05, 0.1) is 18.5 Å². The van der Waals surface area contributed by atoms with Gasteiger partial charge < -0.3 is 15.4 Å². The molecule has 0 bridgehead atoms. The van der Waals surface area contributed by atoms with E-state index < -0.39 is 22.2 Å². The lowest BCUT2D eigenvalue weighted by atomic mass is 9.93. The summed E-state index contributed by atoms with van der Waals surface area (Å²) in [5.41, 5.74) is 5.63. The van der Waals surface area contributed by atoms with Gasteiger partial charge in [0.2, 0.25) is 0 Å². The first-order chi connectivity index (χ1) is 8.85. The highest BCUT2D eigenvalue weighted by atomic mass is 32.2. The Bertz CT molecular complexity index is 535. The molecule has 0 radical (unpaired) electrons. The molecule has 8 heteroatoms. The zero-order chi connectivity index (χ0) is 14.2. The van der Waals surface area contributed by atoms with Gasteiger partial charge in [0, 0.05) is 14.1 Å². The maximum Gasteiger partial charge on any atom is 0.262 e. The summed E-state index contributed by atoms with van der Waals surface area (Å²) < 4.78 is 27.7. The van der Waals surface area contributed by atoms with Crippen LogP contribution in [0.3, 0.4) is 0 Å². The summed E-state index contributed by atoms with van der Waals surface area (Å²) in [4.78, 5) is 3.80. The van der Waals surface area contributed by atoms with Gasteiger partial charge in [-0.25, -0.2) is 13.4 Å². The molecule has 0 spiro atoms. The first kappa shape index (κ1) is 14.3. The van der Waals surface area contributed by atoms with Crippen molar-refractivity contribution in [2.45, 2.75) is 42.9 Å². The molecule has 19 heavy (non-hydrogen) atoms. The van der Waals surface area contributed by atoms with Crippen molar-refractivity contribution in [3.8, 4) is 0 Å². The first-order valence-corrected chi connectivity index (χ1v) is 7.72. The van der Waals surface area contributed by atoms with Crippen LogP contribution in [-0.2, 0) is 17.1 Å². The number of rotatable bonds is 3. The van der Waals surface area contributed by atoms with Crippen molar-refractivity contribution in [3.63, 3.8) is 0 Å². The highest BCUT2D eigenvalue weighted by Gasteiger charge is 2.36. The van der Waals surface area contributed by atoms with Crippen molar-refractivity contribution < 1.29 is 13.5 Å². The summed E-state index contributed by atoms with van der Waals surface area (Å²) in [7, 11) is -0.669. The summed E-state index contributed by atoms with van der Waals surface area (Å²) in [6, 6.07) is -0.395. The zero-order valence-corrected chi connectivity index (χ0v) is 12.0. The Morgan fingerprint density at radius 2 is 2.11 bits per heavy atom. The van der Waals surface area contributed by atoms with E-state index >= 15 is 0 Å². The molecular formula is C11H20N4O3S. The minimum Gasteiger partial charge on any atom is -0.391 e. The molecule has 0 saturated heterocycles. The number of nitrogen functional groups attached to an aromatic ring is 1. The SMILES string of the molecule is CN(C1CCCCC1O)S(=O)(=O)c1c(N)ncn1C. The second-order valence-corrected chi connectivity index (χ2v) is 6.90. The van der Waals surface area contributed by atoms with Crippen molar-refractivity contribution in [2.24, 2.45) is 7.05 Å². The zero-order valence-electron chi connectivity index (χ0n) is 11.2. The van der Waals surface area contributed by atoms with E-state index in [2.05, 4.69) is 4.98 Å². The minimum atomic E-state index is -3.74. The van der Waals surface area contributed by atoms with E-state index in [1.807, 2.05) is 0 Å². The smallest absolute Gasteiger partial charge is 0.262 e. The Morgan fingerprint density at radius 1 is 1.47 bits per heavy atom. The van der Waals surface area contributed by atoms with E-state index in [1.54, 1.807) is 7.05 Å². The summed E-state index contributed by atoms with van der Waals surface area (Å²) >= 11 is 0. The molecule has 2 rings (SSSR count). The van der Waals surface area contributed by atoms with Crippen LogP contribution < -0.4 is 5.73 Å². The van der Waals surface area contributed by atoms with E-state index in [1.165, 1.54) is 22.2 Å². The van der Waals surface area contributed by atoms with Crippen molar-refractivity contribution in [2.75, 3.05) is 12.8 Å². The Labute approximate surface area is 113 Å². The number of hydrogen-bond acceptors (Lipinski definition) is 5. The van der Waals surface area contributed by atoms with Crippen molar-refractivity contribution in [3.05, 3.63) is 6.33 Å². The molecule has 1 aliphatic carbocycles. The highest BCUT2D eigenvalue weighted by Crippen LogP contribution is 2.28. The Balaban J connectivity index is 2.34. The monoisotopic (exact) mass is 288 g/mol. The van der Waals surface area contributed by atoms with E-state index in [0.29, 0.717) is 12.8 Å². The summed E-state index contributed by atoms with van der Waals surface area (Å²) in [6.07, 6.45) is 3.89. The van der Waals surface area contributed by atoms with Crippen LogP contribution in [0.15, 0.2) is 11.4 Å². The summed E-state index contributed by atoms with van der Waals surface area (Å²) in [5.74, 6) is -0.0142. The molecule has 3 N–H and O–H groups in total. The second-order valence-electron chi connectivity index (χ2n) is 4.99. The maximum atomic E-state index is 12.6. The van der Waals surface area contributed by atoms with E-state index in [9.17, 15) is 13.5 Å². The average molecular weight is 288 g/mol. The van der Waals surface area contributed by atoms with E-state index in [0.717, 1.165) is 12.8 Å². The predicted octanol–water partition coefficient (Wildman–Crippen LogP) is -0.0737. The number of aliphatic hydroxyl groups excluding tert-OH is 1. The first-order valence-electron chi connectivity index (χ1n) is 6.28. The third kappa shape index (κ3) is 2.47. The molecule has 108 valence electrons. The maximum absolute atomic E-state index is 12.6. The van der Waals surface area contributed by atoms with Crippen LogP contribution in [-0.4, -0.2) is 46.6 Å². The number of anilines is 1. The van der Waals surface area contributed by atoms with Crippen LogP contribution in [0, 0.1) is 0 Å². The van der Waals surface area contributed by atoms with Crippen LogP contribution >= 0.6 is 0 Å². The van der Waals surface area contributed by atoms with Gasteiger partial charge in [0.1, 0.15) is 0 Å². The molecule has 1 saturated carbocycles. The number of imidazole rings is 1. The molecule has 1 aliphatic rings. The molecule has 1 fully saturated rings. The number of aryl methyl sites for hydroxylation is 1. The van der Waals surface area contributed by atoms with Crippen molar-refractivity contribution in [1.29, 1.82) is 0 Å². The van der Waals surface area contributed by atoms with Crippen LogP contribution in [0.2, 0.25) is 0 Å². The Hall–Kier alpha value is -1.12. The molecule has 2 unspecified atom stereocenters. The predicted molar refractivity (Wildman–Crippen MR) is 70.8 cm³/mol. The fourth-order valence-corrected chi connectivity index (χ4v) is 4.18. The van der Waals surface area contributed by atoms with Gasteiger partial charge in [-0.1, -0.05) is 12.8 Å². The number of likely N-dealkylation sites (N-methyl/N-ethyl adjacent to an activating group) is 1.